The lowest BCUT2D eigenvalue weighted by Crippen LogP contribution is -2.30. The number of benzene rings is 1. The van der Waals surface area contributed by atoms with Gasteiger partial charge in [-0.2, -0.15) is 5.10 Å². The predicted molar refractivity (Wildman–Crippen MR) is 53.5 cm³/mol. The number of aliphatic carboxylic acids is 1. The summed E-state index contributed by atoms with van der Waals surface area (Å²) >= 11 is 0. The molecule has 0 aliphatic carbocycles. The Morgan fingerprint density at radius 2 is 2.12 bits per heavy atom. The summed E-state index contributed by atoms with van der Waals surface area (Å²) in [5, 5.41) is 22.8. The van der Waals surface area contributed by atoms with Crippen molar-refractivity contribution in [1.29, 1.82) is 0 Å². The lowest BCUT2D eigenvalue weighted by Gasteiger charge is -2.00. The fourth-order valence-electron chi connectivity index (χ4n) is 0.941. The van der Waals surface area contributed by atoms with Crippen molar-refractivity contribution in [3.63, 3.8) is 0 Å². The normalized spacial score (nSPS) is 10.2. The quantitative estimate of drug-likeness (QED) is 0.386. The SMILES string of the molecule is O=C([O-])CC(=O)NN=Cc1ccccc1O. The van der Waals surface area contributed by atoms with Crippen LogP contribution in [0.4, 0.5) is 0 Å². The second kappa shape index (κ2) is 5.50. The monoisotopic (exact) mass is 221 g/mol. The minimum atomic E-state index is -1.48. The van der Waals surface area contributed by atoms with Crippen LogP contribution in [0.25, 0.3) is 0 Å². The van der Waals surface area contributed by atoms with Crippen molar-refractivity contribution in [2.75, 3.05) is 0 Å². The number of hydrogen-bond donors (Lipinski definition) is 2. The molecule has 0 atom stereocenters. The van der Waals surface area contributed by atoms with Crippen LogP contribution in [0.1, 0.15) is 12.0 Å². The number of carbonyl (C=O) groups is 2. The first-order valence-electron chi connectivity index (χ1n) is 4.39. The van der Waals surface area contributed by atoms with Crippen molar-refractivity contribution < 1.29 is 19.8 Å². The zero-order valence-corrected chi connectivity index (χ0v) is 8.21. The number of rotatable bonds is 4. The predicted octanol–water partition coefficient (Wildman–Crippen LogP) is -1.02. The molecule has 0 fully saturated rings. The molecule has 2 N–H and O–H groups in total. The molecule has 0 spiro atoms. The third-order valence-electron chi connectivity index (χ3n) is 1.63. The van der Waals surface area contributed by atoms with Crippen LogP contribution in [0.3, 0.4) is 0 Å². The van der Waals surface area contributed by atoms with E-state index in [1.54, 1.807) is 18.2 Å². The van der Waals surface area contributed by atoms with E-state index >= 15 is 0 Å². The lowest BCUT2D eigenvalue weighted by molar-refractivity contribution is -0.304. The number of carboxylic acids is 1. The minimum absolute atomic E-state index is 0.0143. The Morgan fingerprint density at radius 1 is 1.44 bits per heavy atom. The number of hydrogen-bond acceptors (Lipinski definition) is 5. The zero-order chi connectivity index (χ0) is 12.0. The van der Waals surface area contributed by atoms with Gasteiger partial charge in [0.15, 0.2) is 0 Å². The van der Waals surface area contributed by atoms with E-state index in [9.17, 15) is 19.8 Å². The molecule has 1 aromatic rings. The van der Waals surface area contributed by atoms with Crippen LogP contribution in [-0.4, -0.2) is 23.2 Å². The molecule has 6 heteroatoms. The first-order valence-corrected chi connectivity index (χ1v) is 4.39. The second-order valence-electron chi connectivity index (χ2n) is 2.90. The number of nitrogens with one attached hydrogen (secondary N) is 1. The van der Waals surface area contributed by atoms with E-state index in [0.29, 0.717) is 5.56 Å². The summed E-state index contributed by atoms with van der Waals surface area (Å²) in [7, 11) is 0. The first kappa shape index (κ1) is 11.7. The topological polar surface area (TPSA) is 102 Å². The molecular weight excluding hydrogens is 212 g/mol. The van der Waals surface area contributed by atoms with Crippen LogP contribution < -0.4 is 10.5 Å². The summed E-state index contributed by atoms with van der Waals surface area (Å²) in [5.74, 6) is -2.25. The molecule has 1 amide bonds. The molecule has 1 aromatic carbocycles. The summed E-state index contributed by atoms with van der Waals surface area (Å²) in [4.78, 5) is 20.9. The summed E-state index contributed by atoms with van der Waals surface area (Å²) in [5.41, 5.74) is 2.40. The fraction of sp³-hybridized carbons (Fsp3) is 0.100. The van der Waals surface area contributed by atoms with Crippen LogP contribution in [0.5, 0.6) is 5.75 Å². The number of aromatic hydroxyl groups is 1. The number of nitrogens with zero attached hydrogens (tertiary/aromatic N) is 1. The maximum Gasteiger partial charge on any atom is 0.245 e. The molecule has 0 saturated carbocycles. The van der Waals surface area contributed by atoms with Crippen molar-refractivity contribution in [3.8, 4) is 5.75 Å². The molecule has 0 aliphatic heterocycles. The van der Waals surface area contributed by atoms with Crippen molar-refractivity contribution >= 4 is 18.1 Å². The summed E-state index contributed by atoms with van der Waals surface area (Å²) in [6, 6.07) is 6.37. The van der Waals surface area contributed by atoms with Crippen LogP contribution in [0.15, 0.2) is 29.4 Å². The molecule has 0 aromatic heterocycles. The van der Waals surface area contributed by atoms with Crippen LogP contribution >= 0.6 is 0 Å². The smallest absolute Gasteiger partial charge is 0.245 e. The molecular formula is C10H9N2O4-. The Hall–Kier alpha value is -2.37. The Labute approximate surface area is 91.2 Å². The van der Waals surface area contributed by atoms with Crippen LogP contribution in [0.2, 0.25) is 0 Å². The Balaban J connectivity index is 2.52. The number of carbonyl (C=O) groups excluding carboxylic acids is 2. The van der Waals surface area contributed by atoms with E-state index in [4.69, 9.17) is 0 Å². The van der Waals surface area contributed by atoms with Crippen molar-refractivity contribution in [3.05, 3.63) is 29.8 Å². The van der Waals surface area contributed by atoms with Crippen molar-refractivity contribution in [2.45, 2.75) is 6.42 Å². The van der Waals surface area contributed by atoms with Crippen molar-refractivity contribution in [2.24, 2.45) is 5.10 Å². The zero-order valence-electron chi connectivity index (χ0n) is 8.21. The number of para-hydroxylation sites is 1. The molecule has 6 nitrogen and oxygen atoms in total. The summed E-state index contributed by atoms with van der Waals surface area (Å²) in [6.07, 6.45) is 0.459. The Morgan fingerprint density at radius 3 is 2.75 bits per heavy atom. The highest BCUT2D eigenvalue weighted by molar-refractivity contribution is 5.93. The Bertz CT molecular complexity index is 429. The van der Waals surface area contributed by atoms with Gasteiger partial charge in [0.1, 0.15) is 5.75 Å². The van der Waals surface area contributed by atoms with Gasteiger partial charge in [-0.15, -0.1) is 0 Å². The first-order chi connectivity index (χ1) is 7.59. The maximum absolute atomic E-state index is 10.8. The molecule has 84 valence electrons. The van der Waals surface area contributed by atoms with Gasteiger partial charge in [-0.05, 0) is 12.1 Å². The fourth-order valence-corrected chi connectivity index (χ4v) is 0.941. The average molecular weight is 221 g/mol. The van der Waals surface area contributed by atoms with Gasteiger partial charge < -0.3 is 15.0 Å². The standard InChI is InChI=1S/C10H10N2O4/c13-8-4-2-1-3-7(8)6-11-12-9(14)5-10(15)16/h1-4,6,13H,5H2,(H,12,14)(H,15,16)/p-1. The highest BCUT2D eigenvalue weighted by Gasteiger charge is 1.99. The number of carboxylic acid groups (broad SMARTS) is 1. The summed E-state index contributed by atoms with van der Waals surface area (Å²) in [6.45, 7) is 0. The van der Waals surface area contributed by atoms with E-state index in [1.165, 1.54) is 12.3 Å². The molecule has 1 rings (SSSR count). The molecule has 0 bridgehead atoms. The molecule has 0 heterocycles. The van der Waals surface area contributed by atoms with E-state index in [1.807, 2.05) is 5.43 Å². The highest BCUT2D eigenvalue weighted by atomic mass is 16.4. The van der Waals surface area contributed by atoms with Gasteiger partial charge in [-0.25, -0.2) is 5.43 Å². The van der Waals surface area contributed by atoms with Crippen LogP contribution in [0, 0.1) is 0 Å². The third-order valence-corrected chi connectivity index (χ3v) is 1.63. The highest BCUT2D eigenvalue weighted by Crippen LogP contribution is 2.12. The van der Waals surface area contributed by atoms with Gasteiger partial charge in [0, 0.05) is 5.56 Å². The lowest BCUT2D eigenvalue weighted by atomic mass is 10.2. The number of amides is 1. The van der Waals surface area contributed by atoms with Gasteiger partial charge in [0.2, 0.25) is 5.91 Å². The van der Waals surface area contributed by atoms with E-state index < -0.39 is 18.3 Å². The Kier molecular flexibility index (Phi) is 4.02. The van der Waals surface area contributed by atoms with Gasteiger partial charge in [-0.1, -0.05) is 12.1 Å². The molecule has 0 unspecified atom stereocenters. The molecule has 0 radical (unpaired) electrons. The van der Waals surface area contributed by atoms with Gasteiger partial charge in [0.25, 0.3) is 0 Å². The summed E-state index contributed by atoms with van der Waals surface area (Å²) < 4.78 is 0. The molecule has 0 aliphatic rings. The van der Waals surface area contributed by atoms with E-state index in [2.05, 4.69) is 5.10 Å². The largest absolute Gasteiger partial charge is 0.550 e. The second-order valence-corrected chi connectivity index (χ2v) is 2.90. The van der Waals surface area contributed by atoms with Crippen molar-refractivity contribution in [1.82, 2.24) is 5.43 Å². The maximum atomic E-state index is 10.8. The third kappa shape index (κ3) is 3.79. The van der Waals surface area contributed by atoms with E-state index in [-0.39, 0.29) is 5.75 Å². The molecule has 0 saturated heterocycles. The van der Waals surface area contributed by atoms with Crippen LogP contribution in [-0.2, 0) is 9.59 Å². The minimum Gasteiger partial charge on any atom is -0.550 e. The number of phenols is 1. The molecule has 16 heavy (non-hydrogen) atoms. The van der Waals surface area contributed by atoms with Gasteiger partial charge in [-0.3, -0.25) is 4.79 Å². The number of phenolic OH excluding ortho intramolecular Hbond substituents is 1. The van der Waals surface area contributed by atoms with E-state index in [0.717, 1.165) is 0 Å². The number of hydrazone groups is 1. The average Bonchev–Trinajstić information content (AvgIpc) is 2.19. The van der Waals surface area contributed by atoms with Gasteiger partial charge in [0.05, 0.1) is 18.6 Å². The van der Waals surface area contributed by atoms with Gasteiger partial charge >= 0.3 is 0 Å².